The van der Waals surface area contributed by atoms with Crippen LogP contribution in [0.3, 0.4) is 0 Å². The van der Waals surface area contributed by atoms with Crippen molar-refractivity contribution >= 4 is 11.9 Å². The van der Waals surface area contributed by atoms with E-state index in [1.807, 2.05) is 48.2 Å². The van der Waals surface area contributed by atoms with Crippen LogP contribution in [0, 0.1) is 11.8 Å². The summed E-state index contributed by atoms with van der Waals surface area (Å²) in [6.45, 7) is 5.81. The second kappa shape index (κ2) is 5.56. The average Bonchev–Trinajstić information content (AvgIpc) is 3.24. The predicted octanol–water partition coefficient (Wildman–Crippen LogP) is 2.56. The minimum absolute atomic E-state index is 0.137. The third-order valence-electron chi connectivity index (χ3n) is 5.84. The number of fused-ring (bicyclic) bond motifs is 1. The van der Waals surface area contributed by atoms with Crippen LogP contribution in [0.1, 0.15) is 24.9 Å². The van der Waals surface area contributed by atoms with Crippen LogP contribution in [0.5, 0.6) is 0 Å². The second-order valence-corrected chi connectivity index (χ2v) is 7.01. The number of hydrogen-bond acceptors (Lipinski definition) is 3. The topological polar surface area (TPSA) is 66.8 Å². The number of ether oxygens (including phenoxy) is 1. The van der Waals surface area contributed by atoms with E-state index in [1.165, 1.54) is 0 Å². The molecular weight excluding hydrogens is 318 g/mol. The molecule has 5 nitrogen and oxygen atoms in total. The molecule has 5 heteroatoms. The quantitative estimate of drug-likeness (QED) is 0.837. The van der Waals surface area contributed by atoms with Gasteiger partial charge in [0.1, 0.15) is 11.5 Å². The number of carboxylic acid groups (broad SMARTS) is 1. The Morgan fingerprint density at radius 2 is 2.16 bits per heavy atom. The summed E-state index contributed by atoms with van der Waals surface area (Å²) in [5.41, 5.74) is 0.161. The maximum Gasteiger partial charge on any atom is 0.310 e. The lowest BCUT2D eigenvalue weighted by atomic mass is 9.74. The van der Waals surface area contributed by atoms with Gasteiger partial charge in [-0.05, 0) is 18.9 Å². The molecule has 1 amide bonds. The van der Waals surface area contributed by atoms with Gasteiger partial charge in [0.2, 0.25) is 5.91 Å². The van der Waals surface area contributed by atoms with Crippen molar-refractivity contribution in [3.05, 3.63) is 60.7 Å². The van der Waals surface area contributed by atoms with Crippen LogP contribution in [-0.2, 0) is 14.3 Å². The number of carbonyl (C=O) groups is 2. The lowest BCUT2D eigenvalue weighted by Gasteiger charge is -2.36. The maximum absolute atomic E-state index is 13.3. The molecule has 0 unspecified atom stereocenters. The molecule has 2 bridgehead atoms. The first-order chi connectivity index (χ1) is 12.0. The summed E-state index contributed by atoms with van der Waals surface area (Å²) in [5.74, 6) is -2.60. The third-order valence-corrected chi connectivity index (χ3v) is 5.84. The Balaban J connectivity index is 1.78. The summed E-state index contributed by atoms with van der Waals surface area (Å²) in [5, 5.41) is 9.65. The SMILES string of the molecule is C=CC[C@H]1N([C@@H](C)c2ccccc2)C(=O)[C@@H]2[C@@H](C(=O)O)[C@H]3C=C[C@]21O3. The Kier molecular flexibility index (Phi) is 3.58. The molecule has 4 rings (SSSR count). The Labute approximate surface area is 146 Å². The Bertz CT molecular complexity index is 758. The van der Waals surface area contributed by atoms with E-state index in [4.69, 9.17) is 4.74 Å². The first-order valence-electron chi connectivity index (χ1n) is 8.59. The Morgan fingerprint density at radius 3 is 2.80 bits per heavy atom. The molecule has 3 aliphatic heterocycles. The molecule has 0 aliphatic carbocycles. The second-order valence-electron chi connectivity index (χ2n) is 7.01. The van der Waals surface area contributed by atoms with E-state index < -0.39 is 29.5 Å². The summed E-state index contributed by atoms with van der Waals surface area (Å²) in [6, 6.07) is 9.37. The van der Waals surface area contributed by atoms with Crippen molar-refractivity contribution in [3.8, 4) is 0 Å². The van der Waals surface area contributed by atoms with E-state index in [2.05, 4.69) is 6.58 Å². The number of nitrogens with zero attached hydrogens (tertiary/aromatic N) is 1. The monoisotopic (exact) mass is 339 g/mol. The number of likely N-dealkylation sites (tertiary alicyclic amines) is 1. The van der Waals surface area contributed by atoms with Gasteiger partial charge in [0.15, 0.2) is 0 Å². The highest BCUT2D eigenvalue weighted by atomic mass is 16.5. The van der Waals surface area contributed by atoms with Crippen LogP contribution in [0.4, 0.5) is 0 Å². The van der Waals surface area contributed by atoms with Gasteiger partial charge in [0, 0.05) is 0 Å². The highest BCUT2D eigenvalue weighted by Crippen LogP contribution is 2.57. The summed E-state index contributed by atoms with van der Waals surface area (Å²) < 4.78 is 6.11. The maximum atomic E-state index is 13.3. The molecule has 6 atom stereocenters. The number of benzene rings is 1. The smallest absolute Gasteiger partial charge is 0.310 e. The largest absolute Gasteiger partial charge is 0.481 e. The van der Waals surface area contributed by atoms with Crippen molar-refractivity contribution in [2.24, 2.45) is 11.8 Å². The van der Waals surface area contributed by atoms with E-state index in [-0.39, 0.29) is 18.0 Å². The molecule has 0 aromatic heterocycles. The fraction of sp³-hybridized carbons (Fsp3) is 0.400. The number of aliphatic carboxylic acids is 1. The lowest BCUT2D eigenvalue weighted by molar-refractivity contribution is -0.149. The molecule has 1 N–H and O–H groups in total. The van der Waals surface area contributed by atoms with Gasteiger partial charge in [-0.3, -0.25) is 9.59 Å². The Morgan fingerprint density at radius 1 is 1.44 bits per heavy atom. The van der Waals surface area contributed by atoms with E-state index >= 15 is 0 Å². The molecule has 3 aliphatic rings. The fourth-order valence-corrected chi connectivity index (χ4v) is 4.77. The van der Waals surface area contributed by atoms with E-state index in [0.29, 0.717) is 6.42 Å². The van der Waals surface area contributed by atoms with Crippen LogP contribution >= 0.6 is 0 Å². The zero-order chi connectivity index (χ0) is 17.8. The van der Waals surface area contributed by atoms with Crippen molar-refractivity contribution in [2.75, 3.05) is 0 Å². The number of rotatable bonds is 5. The molecule has 130 valence electrons. The first kappa shape index (κ1) is 16.1. The fourth-order valence-electron chi connectivity index (χ4n) is 4.77. The highest BCUT2D eigenvalue weighted by Gasteiger charge is 2.71. The van der Waals surface area contributed by atoms with Crippen LogP contribution in [-0.4, -0.2) is 39.6 Å². The molecule has 2 saturated heterocycles. The zero-order valence-electron chi connectivity index (χ0n) is 14.0. The minimum Gasteiger partial charge on any atom is -0.481 e. The van der Waals surface area contributed by atoms with Crippen molar-refractivity contribution in [2.45, 2.75) is 37.1 Å². The summed E-state index contributed by atoms with van der Waals surface area (Å²) in [6.07, 6.45) is 5.52. The Hall–Kier alpha value is -2.40. The third kappa shape index (κ3) is 2.05. The molecule has 1 spiro atoms. The molecule has 0 radical (unpaired) electrons. The number of amides is 1. The first-order valence-corrected chi connectivity index (χ1v) is 8.59. The van der Waals surface area contributed by atoms with Crippen LogP contribution < -0.4 is 0 Å². The van der Waals surface area contributed by atoms with Crippen LogP contribution in [0.15, 0.2) is 55.1 Å². The molecular formula is C20H21NO4. The molecule has 0 saturated carbocycles. The molecule has 2 fully saturated rings. The van der Waals surface area contributed by atoms with Gasteiger partial charge < -0.3 is 14.7 Å². The minimum atomic E-state index is -0.971. The number of carbonyl (C=O) groups excluding carboxylic acids is 1. The molecule has 1 aromatic carbocycles. The van der Waals surface area contributed by atoms with Crippen molar-refractivity contribution in [3.63, 3.8) is 0 Å². The van der Waals surface area contributed by atoms with Gasteiger partial charge in [-0.15, -0.1) is 6.58 Å². The molecule has 1 aromatic rings. The average molecular weight is 339 g/mol. The van der Waals surface area contributed by atoms with Crippen molar-refractivity contribution in [1.29, 1.82) is 0 Å². The number of carboxylic acids is 1. The van der Waals surface area contributed by atoms with Crippen molar-refractivity contribution in [1.82, 2.24) is 4.90 Å². The summed E-state index contributed by atoms with van der Waals surface area (Å²) in [4.78, 5) is 26.9. The van der Waals surface area contributed by atoms with Gasteiger partial charge in [0.05, 0.1) is 24.1 Å². The number of hydrogen-bond donors (Lipinski definition) is 1. The van der Waals surface area contributed by atoms with Crippen LogP contribution in [0.2, 0.25) is 0 Å². The van der Waals surface area contributed by atoms with Crippen LogP contribution in [0.25, 0.3) is 0 Å². The van der Waals surface area contributed by atoms with E-state index in [0.717, 1.165) is 5.56 Å². The molecule has 25 heavy (non-hydrogen) atoms. The summed E-state index contributed by atoms with van der Waals surface area (Å²) >= 11 is 0. The predicted molar refractivity (Wildman–Crippen MR) is 91.7 cm³/mol. The van der Waals surface area contributed by atoms with Gasteiger partial charge in [-0.1, -0.05) is 48.6 Å². The van der Waals surface area contributed by atoms with Gasteiger partial charge >= 0.3 is 5.97 Å². The normalized spacial score (nSPS) is 36.5. The lowest BCUT2D eigenvalue weighted by Crippen LogP contribution is -2.45. The van der Waals surface area contributed by atoms with E-state index in [9.17, 15) is 14.7 Å². The zero-order valence-corrected chi connectivity index (χ0v) is 14.0. The summed E-state index contributed by atoms with van der Waals surface area (Å²) in [7, 11) is 0. The standard InChI is InChI=1S/C20H21NO4/c1-3-7-15-20-11-10-14(25-20)16(19(23)24)17(20)18(22)21(15)12(2)13-8-5-4-6-9-13/h3-6,8-12,14-17H,1,7H2,2H3,(H,23,24)/t12-,14+,15+,16-,17-,20+/m0/s1. The van der Waals surface area contributed by atoms with Gasteiger partial charge in [-0.25, -0.2) is 0 Å². The van der Waals surface area contributed by atoms with Gasteiger partial charge in [0.25, 0.3) is 0 Å². The van der Waals surface area contributed by atoms with Gasteiger partial charge in [-0.2, -0.15) is 0 Å². The van der Waals surface area contributed by atoms with E-state index in [1.54, 1.807) is 12.2 Å². The van der Waals surface area contributed by atoms with Crippen molar-refractivity contribution < 1.29 is 19.4 Å². The molecule has 3 heterocycles. The highest BCUT2D eigenvalue weighted by molar-refractivity contribution is 5.91.